The molecule has 0 radical (unpaired) electrons. The smallest absolute Gasteiger partial charge is 0.191 e. The highest BCUT2D eigenvalue weighted by molar-refractivity contribution is 14.0. The van der Waals surface area contributed by atoms with E-state index in [0.717, 1.165) is 35.2 Å². The molecule has 24 heavy (non-hydrogen) atoms. The van der Waals surface area contributed by atoms with Crippen molar-refractivity contribution in [3.8, 4) is 0 Å². The Bertz CT molecular complexity index is 680. The molecule has 0 spiro atoms. The molecular formula is C17H24FIN4S. The van der Waals surface area contributed by atoms with Crippen LogP contribution in [-0.2, 0) is 13.0 Å². The number of halogens is 2. The first kappa shape index (κ1) is 20.8. The van der Waals surface area contributed by atoms with E-state index < -0.39 is 0 Å². The maximum atomic E-state index is 13.3. The lowest BCUT2D eigenvalue weighted by Gasteiger charge is -2.12. The van der Waals surface area contributed by atoms with Crippen molar-refractivity contribution < 1.29 is 4.39 Å². The summed E-state index contributed by atoms with van der Waals surface area (Å²) in [4.78, 5) is 10.00. The summed E-state index contributed by atoms with van der Waals surface area (Å²) in [6.45, 7) is 7.28. The lowest BCUT2D eigenvalue weighted by atomic mass is 10.1. The van der Waals surface area contributed by atoms with Gasteiger partial charge in [0.25, 0.3) is 0 Å². The van der Waals surface area contributed by atoms with Gasteiger partial charge in [-0.2, -0.15) is 0 Å². The number of guanidine groups is 1. The van der Waals surface area contributed by atoms with E-state index in [4.69, 9.17) is 0 Å². The molecule has 0 fully saturated rings. The lowest BCUT2D eigenvalue weighted by molar-refractivity contribution is 0.617. The SMILES string of the molecule is CN=C(NCCc1nc(C)c(C)s1)NCc1ccc(F)c(C)c1.I. The third-order valence-corrected chi connectivity index (χ3v) is 4.74. The third-order valence-electron chi connectivity index (χ3n) is 3.61. The molecule has 0 saturated carbocycles. The van der Waals surface area contributed by atoms with Crippen molar-refractivity contribution in [1.82, 2.24) is 15.6 Å². The Balaban J connectivity index is 0.00000288. The van der Waals surface area contributed by atoms with Crippen LogP contribution in [0.1, 0.15) is 26.7 Å². The Morgan fingerprint density at radius 2 is 2.00 bits per heavy atom. The van der Waals surface area contributed by atoms with Gasteiger partial charge >= 0.3 is 0 Å². The van der Waals surface area contributed by atoms with E-state index in [1.807, 2.05) is 13.0 Å². The first-order valence-corrected chi connectivity index (χ1v) is 8.43. The van der Waals surface area contributed by atoms with E-state index in [2.05, 4.69) is 27.5 Å². The summed E-state index contributed by atoms with van der Waals surface area (Å²) in [7, 11) is 1.74. The summed E-state index contributed by atoms with van der Waals surface area (Å²) in [5, 5.41) is 7.65. The number of benzene rings is 1. The zero-order valence-electron chi connectivity index (χ0n) is 14.4. The molecule has 0 aliphatic heterocycles. The fraction of sp³-hybridized carbons (Fsp3) is 0.412. The topological polar surface area (TPSA) is 49.3 Å². The van der Waals surface area contributed by atoms with Crippen LogP contribution >= 0.6 is 35.3 Å². The minimum absolute atomic E-state index is 0. The van der Waals surface area contributed by atoms with Crippen LogP contribution in [0.4, 0.5) is 4.39 Å². The molecule has 0 aliphatic rings. The van der Waals surface area contributed by atoms with Gasteiger partial charge in [-0.05, 0) is 38.0 Å². The summed E-state index contributed by atoms with van der Waals surface area (Å²) in [6, 6.07) is 5.12. The van der Waals surface area contributed by atoms with Crippen LogP contribution in [-0.4, -0.2) is 24.5 Å². The molecule has 0 unspecified atom stereocenters. The molecular weight excluding hydrogens is 438 g/mol. The molecule has 132 valence electrons. The summed E-state index contributed by atoms with van der Waals surface area (Å²) in [6.07, 6.45) is 0.871. The van der Waals surface area contributed by atoms with Gasteiger partial charge in [-0.3, -0.25) is 4.99 Å². The van der Waals surface area contributed by atoms with E-state index in [-0.39, 0.29) is 29.8 Å². The molecule has 0 aliphatic carbocycles. The molecule has 1 heterocycles. The van der Waals surface area contributed by atoms with Crippen LogP contribution < -0.4 is 10.6 Å². The number of thiazole rings is 1. The molecule has 2 rings (SSSR count). The van der Waals surface area contributed by atoms with Crippen LogP contribution in [0.3, 0.4) is 0 Å². The molecule has 0 amide bonds. The molecule has 0 saturated heterocycles. The molecule has 0 bridgehead atoms. The van der Waals surface area contributed by atoms with Crippen LogP contribution in [0, 0.1) is 26.6 Å². The zero-order valence-corrected chi connectivity index (χ0v) is 17.6. The molecule has 7 heteroatoms. The highest BCUT2D eigenvalue weighted by Crippen LogP contribution is 2.16. The Labute approximate surface area is 164 Å². The van der Waals surface area contributed by atoms with Gasteiger partial charge < -0.3 is 10.6 Å². The molecule has 2 N–H and O–H groups in total. The molecule has 1 aromatic heterocycles. The highest BCUT2D eigenvalue weighted by Gasteiger charge is 2.05. The number of aromatic nitrogens is 1. The average molecular weight is 462 g/mol. The minimum atomic E-state index is -0.176. The Hall–Kier alpha value is -1.22. The van der Waals surface area contributed by atoms with Gasteiger partial charge in [-0.1, -0.05) is 12.1 Å². The average Bonchev–Trinajstić information content (AvgIpc) is 2.84. The van der Waals surface area contributed by atoms with Gasteiger partial charge in [0.05, 0.1) is 10.7 Å². The standard InChI is InChI=1S/C17H23FN4S.HI/c1-11-9-14(5-6-15(11)18)10-21-17(19-4)20-8-7-16-22-12(2)13(3)23-16;/h5-6,9H,7-8,10H2,1-4H3,(H2,19,20,21);1H. The van der Waals surface area contributed by atoms with Crippen molar-refractivity contribution in [3.63, 3.8) is 0 Å². The van der Waals surface area contributed by atoms with Gasteiger partial charge in [0, 0.05) is 31.4 Å². The summed E-state index contributed by atoms with van der Waals surface area (Å²) in [5.41, 5.74) is 2.79. The van der Waals surface area contributed by atoms with Crippen LogP contribution in [0.15, 0.2) is 23.2 Å². The largest absolute Gasteiger partial charge is 0.356 e. The van der Waals surface area contributed by atoms with E-state index in [0.29, 0.717) is 12.1 Å². The van der Waals surface area contributed by atoms with E-state index in [1.165, 1.54) is 10.9 Å². The first-order chi connectivity index (χ1) is 11.0. The van der Waals surface area contributed by atoms with Crippen molar-refractivity contribution in [2.24, 2.45) is 4.99 Å². The van der Waals surface area contributed by atoms with Crippen molar-refractivity contribution >= 4 is 41.3 Å². The summed E-state index contributed by atoms with van der Waals surface area (Å²) >= 11 is 1.74. The zero-order chi connectivity index (χ0) is 16.8. The normalized spacial score (nSPS) is 11.1. The maximum absolute atomic E-state index is 13.3. The molecule has 1 aromatic carbocycles. The maximum Gasteiger partial charge on any atom is 0.191 e. The van der Waals surface area contributed by atoms with Gasteiger partial charge in [0.15, 0.2) is 5.96 Å². The van der Waals surface area contributed by atoms with E-state index >= 15 is 0 Å². The van der Waals surface area contributed by atoms with Gasteiger partial charge in [0.1, 0.15) is 5.82 Å². The van der Waals surface area contributed by atoms with E-state index in [9.17, 15) is 4.39 Å². The molecule has 4 nitrogen and oxygen atoms in total. The number of hydrogen-bond acceptors (Lipinski definition) is 3. The fourth-order valence-electron chi connectivity index (χ4n) is 2.16. The second-order valence-electron chi connectivity index (χ2n) is 5.44. The fourth-order valence-corrected chi connectivity index (χ4v) is 3.09. The van der Waals surface area contributed by atoms with Crippen LogP contribution in [0.25, 0.3) is 0 Å². The Morgan fingerprint density at radius 1 is 1.25 bits per heavy atom. The van der Waals surface area contributed by atoms with Crippen molar-refractivity contribution in [2.45, 2.75) is 33.7 Å². The van der Waals surface area contributed by atoms with Gasteiger partial charge in [-0.25, -0.2) is 9.37 Å². The minimum Gasteiger partial charge on any atom is -0.356 e. The van der Waals surface area contributed by atoms with Gasteiger partial charge in [0.2, 0.25) is 0 Å². The number of rotatable bonds is 5. The number of nitrogens with one attached hydrogen (secondary N) is 2. The van der Waals surface area contributed by atoms with Crippen molar-refractivity contribution in [1.29, 1.82) is 0 Å². The first-order valence-electron chi connectivity index (χ1n) is 7.62. The lowest BCUT2D eigenvalue weighted by Crippen LogP contribution is -2.37. The van der Waals surface area contributed by atoms with Crippen LogP contribution in [0.5, 0.6) is 0 Å². The molecule has 2 aromatic rings. The predicted octanol–water partition coefficient (Wildman–Crippen LogP) is 3.73. The number of aliphatic imine (C=N–C) groups is 1. The highest BCUT2D eigenvalue weighted by atomic mass is 127. The third kappa shape index (κ3) is 6.01. The van der Waals surface area contributed by atoms with E-state index in [1.54, 1.807) is 31.4 Å². The number of hydrogen-bond donors (Lipinski definition) is 2. The summed E-state index contributed by atoms with van der Waals surface area (Å²) in [5.74, 6) is 0.558. The Kier molecular flexibility index (Phi) is 8.61. The number of aryl methyl sites for hydroxylation is 3. The van der Waals surface area contributed by atoms with Gasteiger partial charge in [-0.15, -0.1) is 35.3 Å². The van der Waals surface area contributed by atoms with Crippen molar-refractivity contribution in [2.75, 3.05) is 13.6 Å². The summed E-state index contributed by atoms with van der Waals surface area (Å²) < 4.78 is 13.3. The second kappa shape index (κ2) is 9.93. The second-order valence-corrected chi connectivity index (χ2v) is 6.72. The monoisotopic (exact) mass is 462 g/mol. The Morgan fingerprint density at radius 3 is 2.58 bits per heavy atom. The predicted molar refractivity (Wildman–Crippen MR) is 110 cm³/mol. The molecule has 0 atom stereocenters. The van der Waals surface area contributed by atoms with Crippen LogP contribution in [0.2, 0.25) is 0 Å². The van der Waals surface area contributed by atoms with Crippen molar-refractivity contribution in [3.05, 3.63) is 50.7 Å². The number of nitrogens with zero attached hydrogens (tertiary/aromatic N) is 2. The quantitative estimate of drug-likeness (QED) is 0.405.